The van der Waals surface area contributed by atoms with E-state index in [1.807, 2.05) is 12.1 Å². The molecule has 1 fully saturated rings. The van der Waals surface area contributed by atoms with Crippen LogP contribution in [0.4, 0.5) is 0 Å². The predicted octanol–water partition coefficient (Wildman–Crippen LogP) is 4.99. The topological polar surface area (TPSA) is 37.3 Å². The molecule has 4 heteroatoms. The Balaban J connectivity index is 2.36. The van der Waals surface area contributed by atoms with E-state index in [9.17, 15) is 9.90 Å². The van der Waals surface area contributed by atoms with Crippen LogP contribution in [0.5, 0.6) is 0 Å². The minimum atomic E-state index is -0.716. The number of aliphatic carboxylic acids is 1. The Kier molecular flexibility index (Phi) is 4.12. The molecule has 0 heterocycles. The summed E-state index contributed by atoms with van der Waals surface area (Å²) in [5, 5.41) is 10.4. The minimum Gasteiger partial charge on any atom is -0.481 e. The highest BCUT2D eigenvalue weighted by molar-refractivity contribution is 6.42. The van der Waals surface area contributed by atoms with E-state index in [0.717, 1.165) is 18.4 Å². The van der Waals surface area contributed by atoms with Gasteiger partial charge in [-0.2, -0.15) is 0 Å². The molecular formula is C15H18Cl2O2. The summed E-state index contributed by atoms with van der Waals surface area (Å²) in [5.74, 6) is -1.03. The van der Waals surface area contributed by atoms with Crippen molar-refractivity contribution in [3.8, 4) is 0 Å². The summed E-state index contributed by atoms with van der Waals surface area (Å²) >= 11 is 12.0. The summed E-state index contributed by atoms with van der Waals surface area (Å²) in [7, 11) is 0. The van der Waals surface area contributed by atoms with Gasteiger partial charge in [0, 0.05) is 0 Å². The van der Waals surface area contributed by atoms with Gasteiger partial charge in [-0.1, -0.05) is 43.1 Å². The van der Waals surface area contributed by atoms with Crippen LogP contribution in [0.25, 0.3) is 0 Å². The summed E-state index contributed by atoms with van der Waals surface area (Å²) in [6, 6.07) is 5.46. The van der Waals surface area contributed by atoms with Gasteiger partial charge in [-0.05, 0) is 48.3 Å². The lowest BCUT2D eigenvalue weighted by Crippen LogP contribution is -2.33. The summed E-state index contributed by atoms with van der Waals surface area (Å²) in [5.41, 5.74) is 1.15. The zero-order chi connectivity index (χ0) is 14.2. The van der Waals surface area contributed by atoms with E-state index in [2.05, 4.69) is 13.8 Å². The second kappa shape index (κ2) is 5.34. The van der Waals surface area contributed by atoms with Gasteiger partial charge in [-0.25, -0.2) is 0 Å². The molecule has 2 unspecified atom stereocenters. The molecule has 1 saturated carbocycles. The summed E-state index contributed by atoms with van der Waals surface area (Å²) in [6.07, 6.45) is 2.52. The van der Waals surface area contributed by atoms with E-state index >= 15 is 0 Å². The van der Waals surface area contributed by atoms with Gasteiger partial charge in [0.05, 0.1) is 16.0 Å². The van der Waals surface area contributed by atoms with Crippen LogP contribution in [0, 0.1) is 11.3 Å². The monoisotopic (exact) mass is 300 g/mol. The van der Waals surface area contributed by atoms with Crippen LogP contribution in [0.1, 0.15) is 44.6 Å². The highest BCUT2D eigenvalue weighted by Gasteiger charge is 2.39. The van der Waals surface area contributed by atoms with Gasteiger partial charge >= 0.3 is 5.97 Å². The third-order valence-electron chi connectivity index (χ3n) is 4.08. The predicted molar refractivity (Wildman–Crippen MR) is 78.0 cm³/mol. The van der Waals surface area contributed by atoms with E-state index in [0.29, 0.717) is 16.5 Å². The zero-order valence-corrected chi connectivity index (χ0v) is 12.6. The Morgan fingerprint density at radius 1 is 1.32 bits per heavy atom. The van der Waals surface area contributed by atoms with Gasteiger partial charge < -0.3 is 5.11 Å². The number of hydrogen-bond acceptors (Lipinski definition) is 1. The van der Waals surface area contributed by atoms with Crippen LogP contribution in [0.15, 0.2) is 18.2 Å². The van der Waals surface area contributed by atoms with Gasteiger partial charge in [0.2, 0.25) is 0 Å². The van der Waals surface area contributed by atoms with Crippen molar-refractivity contribution in [2.24, 2.45) is 11.3 Å². The van der Waals surface area contributed by atoms with Gasteiger partial charge in [0.15, 0.2) is 0 Å². The Bertz CT molecular complexity index is 497. The van der Waals surface area contributed by atoms with Crippen LogP contribution < -0.4 is 0 Å². The van der Waals surface area contributed by atoms with Crippen molar-refractivity contribution in [1.82, 2.24) is 0 Å². The fraction of sp³-hybridized carbons (Fsp3) is 0.533. The highest BCUT2D eigenvalue weighted by Crippen LogP contribution is 2.47. The Labute approximate surface area is 123 Å². The molecule has 1 N–H and O–H groups in total. The van der Waals surface area contributed by atoms with Crippen LogP contribution >= 0.6 is 23.2 Å². The number of carbonyl (C=O) groups is 1. The maximum absolute atomic E-state index is 11.4. The molecule has 0 amide bonds. The van der Waals surface area contributed by atoms with Crippen molar-refractivity contribution in [3.63, 3.8) is 0 Å². The summed E-state index contributed by atoms with van der Waals surface area (Å²) < 4.78 is 0. The molecule has 0 radical (unpaired) electrons. The van der Waals surface area contributed by atoms with Gasteiger partial charge in [0.25, 0.3) is 0 Å². The second-order valence-electron chi connectivity index (χ2n) is 6.13. The van der Waals surface area contributed by atoms with Crippen LogP contribution in [0.3, 0.4) is 0 Å². The number of halogens is 2. The Morgan fingerprint density at radius 2 is 2.00 bits per heavy atom. The van der Waals surface area contributed by atoms with Crippen molar-refractivity contribution in [3.05, 3.63) is 33.8 Å². The normalized spacial score (nSPS) is 26.1. The van der Waals surface area contributed by atoms with Crippen LogP contribution in [-0.4, -0.2) is 11.1 Å². The quantitative estimate of drug-likeness (QED) is 0.835. The van der Waals surface area contributed by atoms with Crippen molar-refractivity contribution in [2.45, 2.75) is 39.0 Å². The average molecular weight is 301 g/mol. The van der Waals surface area contributed by atoms with E-state index < -0.39 is 5.97 Å². The van der Waals surface area contributed by atoms with E-state index in [4.69, 9.17) is 23.2 Å². The fourth-order valence-electron chi connectivity index (χ4n) is 2.98. The molecular weight excluding hydrogens is 283 g/mol. The van der Waals surface area contributed by atoms with E-state index in [1.165, 1.54) is 0 Å². The lowest BCUT2D eigenvalue weighted by atomic mass is 9.65. The minimum absolute atomic E-state index is 0.0102. The van der Waals surface area contributed by atoms with Crippen LogP contribution in [-0.2, 0) is 4.79 Å². The lowest BCUT2D eigenvalue weighted by molar-refractivity contribution is -0.144. The van der Waals surface area contributed by atoms with Crippen molar-refractivity contribution < 1.29 is 9.90 Å². The third-order valence-corrected chi connectivity index (χ3v) is 4.82. The first-order valence-corrected chi connectivity index (χ1v) is 7.23. The number of carboxylic acids is 1. The standard InChI is InChI=1S/C15H18Cl2O2/c1-15(2)6-5-10(14(18)19)11(8-15)9-3-4-12(16)13(17)7-9/h3-4,7,10-11H,5-6,8H2,1-2H3,(H,18,19). The first kappa shape index (κ1) is 14.7. The Hall–Kier alpha value is -0.730. The van der Waals surface area contributed by atoms with Gasteiger partial charge in [0.1, 0.15) is 0 Å². The summed E-state index contributed by atoms with van der Waals surface area (Å²) in [4.78, 5) is 11.4. The molecule has 0 aliphatic heterocycles. The van der Waals surface area contributed by atoms with Crippen molar-refractivity contribution in [1.29, 1.82) is 0 Å². The zero-order valence-electron chi connectivity index (χ0n) is 11.1. The first-order chi connectivity index (χ1) is 8.80. The van der Waals surface area contributed by atoms with Crippen LogP contribution in [0.2, 0.25) is 10.0 Å². The molecule has 2 atom stereocenters. The van der Waals surface area contributed by atoms with Crippen molar-refractivity contribution in [2.75, 3.05) is 0 Å². The molecule has 104 valence electrons. The summed E-state index contributed by atoms with van der Waals surface area (Å²) in [6.45, 7) is 4.38. The molecule has 0 aromatic heterocycles. The molecule has 0 bridgehead atoms. The lowest BCUT2D eigenvalue weighted by Gasteiger charge is -2.39. The average Bonchev–Trinajstić information content (AvgIpc) is 2.31. The molecule has 1 aromatic rings. The number of hydrogen-bond donors (Lipinski definition) is 1. The molecule has 1 aromatic carbocycles. The maximum atomic E-state index is 11.4. The SMILES string of the molecule is CC1(C)CCC(C(=O)O)C(c2ccc(Cl)c(Cl)c2)C1. The highest BCUT2D eigenvalue weighted by atomic mass is 35.5. The number of benzene rings is 1. The molecule has 2 nitrogen and oxygen atoms in total. The smallest absolute Gasteiger partial charge is 0.307 e. The largest absolute Gasteiger partial charge is 0.481 e. The molecule has 1 aliphatic carbocycles. The number of rotatable bonds is 2. The van der Waals surface area contributed by atoms with Gasteiger partial charge in [-0.3, -0.25) is 4.79 Å². The molecule has 2 rings (SSSR count). The second-order valence-corrected chi connectivity index (χ2v) is 6.95. The number of carboxylic acid groups (broad SMARTS) is 1. The first-order valence-electron chi connectivity index (χ1n) is 6.48. The van der Waals surface area contributed by atoms with E-state index in [1.54, 1.807) is 6.07 Å². The molecule has 1 aliphatic rings. The van der Waals surface area contributed by atoms with E-state index in [-0.39, 0.29) is 17.3 Å². The molecule has 0 spiro atoms. The Morgan fingerprint density at radius 3 is 2.58 bits per heavy atom. The molecule has 0 saturated heterocycles. The maximum Gasteiger partial charge on any atom is 0.307 e. The fourth-order valence-corrected chi connectivity index (χ4v) is 3.28. The van der Waals surface area contributed by atoms with Crippen molar-refractivity contribution >= 4 is 29.2 Å². The molecule has 19 heavy (non-hydrogen) atoms. The van der Waals surface area contributed by atoms with Gasteiger partial charge in [-0.15, -0.1) is 0 Å². The third kappa shape index (κ3) is 3.24.